The van der Waals surface area contributed by atoms with Crippen LogP contribution < -0.4 is 0 Å². The number of nitro benzene ring substituents is 1. The van der Waals surface area contributed by atoms with Gasteiger partial charge in [0.25, 0.3) is 5.69 Å². The molecular formula is C27H30N4O7S. The number of piperidine rings is 1. The summed E-state index contributed by atoms with van der Waals surface area (Å²) in [6.07, 6.45) is 2.81. The zero-order valence-electron chi connectivity index (χ0n) is 21.8. The largest absolute Gasteiger partial charge is 0.466 e. The number of benzene rings is 1. The monoisotopic (exact) mass is 554 g/mol. The summed E-state index contributed by atoms with van der Waals surface area (Å²) in [5.74, 6) is -1.46. The number of allylic oxidation sites excluding steroid dienone is 1. The molecule has 2 atom stereocenters. The molecule has 1 aromatic rings. The SMILES string of the molecule is C=CCOC(=O)C1=C(C)N=C2SC=C(CC(=O)N3CCCC(C(=O)OCC)C3)N2C1c1cccc([N+](=O)[O-])c1. The van der Waals surface area contributed by atoms with Crippen molar-refractivity contribution in [3.63, 3.8) is 0 Å². The lowest BCUT2D eigenvalue weighted by Crippen LogP contribution is -2.44. The van der Waals surface area contributed by atoms with Crippen molar-refractivity contribution in [2.75, 3.05) is 26.3 Å². The van der Waals surface area contributed by atoms with Crippen LogP contribution in [0.25, 0.3) is 0 Å². The number of ether oxygens (including phenoxy) is 2. The number of non-ortho nitro benzene ring substituents is 1. The predicted octanol–water partition coefficient (Wildman–Crippen LogP) is 4.09. The maximum atomic E-state index is 13.4. The molecule has 1 aromatic carbocycles. The van der Waals surface area contributed by atoms with Crippen molar-refractivity contribution >= 4 is 40.5 Å². The average Bonchev–Trinajstić information content (AvgIpc) is 3.32. The molecule has 0 saturated carbocycles. The maximum Gasteiger partial charge on any atom is 0.338 e. The Bertz CT molecular complexity index is 1290. The van der Waals surface area contributed by atoms with E-state index in [4.69, 9.17) is 9.47 Å². The molecule has 0 spiro atoms. The lowest BCUT2D eigenvalue weighted by molar-refractivity contribution is -0.384. The fourth-order valence-electron chi connectivity index (χ4n) is 4.89. The van der Waals surface area contributed by atoms with E-state index >= 15 is 0 Å². The summed E-state index contributed by atoms with van der Waals surface area (Å²) in [7, 11) is 0. The van der Waals surface area contributed by atoms with E-state index in [0.717, 1.165) is 0 Å². The third-order valence-corrected chi connectivity index (χ3v) is 7.56. The van der Waals surface area contributed by atoms with Gasteiger partial charge in [-0.05, 0) is 37.7 Å². The predicted molar refractivity (Wildman–Crippen MR) is 145 cm³/mol. The summed E-state index contributed by atoms with van der Waals surface area (Å²) in [5, 5.41) is 13.9. The number of thioether (sulfide) groups is 1. The first-order valence-electron chi connectivity index (χ1n) is 12.7. The van der Waals surface area contributed by atoms with Crippen LogP contribution in [0.5, 0.6) is 0 Å². The van der Waals surface area contributed by atoms with E-state index in [1.807, 2.05) is 0 Å². The van der Waals surface area contributed by atoms with E-state index < -0.39 is 16.9 Å². The zero-order valence-corrected chi connectivity index (χ0v) is 22.6. The molecule has 0 bridgehead atoms. The smallest absolute Gasteiger partial charge is 0.338 e. The van der Waals surface area contributed by atoms with E-state index in [2.05, 4.69) is 11.6 Å². The highest BCUT2D eigenvalue weighted by atomic mass is 32.2. The van der Waals surface area contributed by atoms with Crippen molar-refractivity contribution in [3.05, 3.63) is 75.0 Å². The number of hydrogen-bond donors (Lipinski definition) is 0. The van der Waals surface area contributed by atoms with Crippen molar-refractivity contribution in [2.45, 2.75) is 39.2 Å². The summed E-state index contributed by atoms with van der Waals surface area (Å²) >= 11 is 1.31. The minimum atomic E-state index is -0.794. The van der Waals surface area contributed by atoms with Gasteiger partial charge in [-0.25, -0.2) is 9.79 Å². The maximum absolute atomic E-state index is 13.4. The number of nitro groups is 1. The number of fused-ring (bicyclic) bond motifs is 1. The Morgan fingerprint density at radius 1 is 1.31 bits per heavy atom. The van der Waals surface area contributed by atoms with Crippen LogP contribution in [0.2, 0.25) is 0 Å². The van der Waals surface area contributed by atoms with Gasteiger partial charge < -0.3 is 19.3 Å². The molecule has 3 aliphatic heterocycles. The van der Waals surface area contributed by atoms with Gasteiger partial charge in [0.15, 0.2) is 5.17 Å². The van der Waals surface area contributed by atoms with Crippen molar-refractivity contribution in [2.24, 2.45) is 10.9 Å². The lowest BCUT2D eigenvalue weighted by Gasteiger charge is -2.37. The fraction of sp³-hybridized carbons (Fsp3) is 0.407. The van der Waals surface area contributed by atoms with Crippen LogP contribution in [0.3, 0.4) is 0 Å². The number of likely N-dealkylation sites (tertiary alicyclic amines) is 1. The Kier molecular flexibility index (Phi) is 8.85. The molecule has 4 rings (SSSR count). The number of nitrogens with zero attached hydrogens (tertiary/aromatic N) is 4. The molecule has 39 heavy (non-hydrogen) atoms. The Morgan fingerprint density at radius 3 is 2.82 bits per heavy atom. The highest BCUT2D eigenvalue weighted by Crippen LogP contribution is 2.45. The second kappa shape index (κ2) is 12.3. The minimum Gasteiger partial charge on any atom is -0.466 e. The number of amidine groups is 1. The topological polar surface area (TPSA) is 132 Å². The van der Waals surface area contributed by atoms with Gasteiger partial charge in [-0.3, -0.25) is 19.7 Å². The lowest BCUT2D eigenvalue weighted by atomic mass is 9.93. The van der Waals surface area contributed by atoms with E-state index in [9.17, 15) is 24.5 Å². The third-order valence-electron chi connectivity index (χ3n) is 6.68. The van der Waals surface area contributed by atoms with Gasteiger partial charge in [0, 0.05) is 30.9 Å². The number of carbonyl (C=O) groups excluding carboxylic acids is 3. The molecule has 2 unspecified atom stereocenters. The standard InChI is InChI=1S/C27H30N4O7S/c1-4-12-38-26(34)23-17(3)28-27-30(24(23)18-8-6-10-20(13-18)31(35)36)21(16-39-27)14-22(32)29-11-7-9-19(15-29)25(33)37-5-2/h4,6,8,10,13,16,19,24H,1,5,7,9,11-12,14-15H2,2-3H3. The first-order valence-corrected chi connectivity index (χ1v) is 13.5. The van der Waals surface area contributed by atoms with Crippen LogP contribution in [0, 0.1) is 16.0 Å². The molecule has 0 aromatic heterocycles. The normalized spacial score (nSPS) is 20.6. The molecule has 1 fully saturated rings. The number of esters is 2. The van der Waals surface area contributed by atoms with Crippen molar-refractivity contribution in [1.29, 1.82) is 0 Å². The van der Waals surface area contributed by atoms with Gasteiger partial charge in [-0.2, -0.15) is 0 Å². The van der Waals surface area contributed by atoms with Crippen LogP contribution in [0.4, 0.5) is 5.69 Å². The van der Waals surface area contributed by atoms with Gasteiger partial charge >= 0.3 is 11.9 Å². The van der Waals surface area contributed by atoms with E-state index in [0.29, 0.717) is 41.5 Å². The zero-order chi connectivity index (χ0) is 28.1. The molecule has 0 radical (unpaired) electrons. The van der Waals surface area contributed by atoms with Crippen LogP contribution in [0.15, 0.2) is 64.3 Å². The average molecular weight is 555 g/mol. The van der Waals surface area contributed by atoms with E-state index in [1.54, 1.807) is 41.2 Å². The summed E-state index contributed by atoms with van der Waals surface area (Å²) in [6, 6.07) is 5.26. The summed E-state index contributed by atoms with van der Waals surface area (Å²) in [6.45, 7) is 8.11. The molecule has 12 heteroatoms. The molecule has 0 aliphatic carbocycles. The van der Waals surface area contributed by atoms with Crippen LogP contribution in [-0.2, 0) is 23.9 Å². The quantitative estimate of drug-likeness (QED) is 0.192. The number of amides is 1. The van der Waals surface area contributed by atoms with Crippen LogP contribution >= 0.6 is 11.8 Å². The Labute approximate surface area is 230 Å². The van der Waals surface area contributed by atoms with Crippen molar-refractivity contribution < 1.29 is 28.8 Å². The molecular weight excluding hydrogens is 524 g/mol. The molecule has 3 aliphatic rings. The number of hydrogen-bond acceptors (Lipinski definition) is 10. The Morgan fingerprint density at radius 2 is 2.10 bits per heavy atom. The number of carbonyl (C=O) groups is 3. The highest BCUT2D eigenvalue weighted by molar-refractivity contribution is 8.16. The first kappa shape index (κ1) is 28.1. The number of aliphatic imine (C=N–C) groups is 1. The molecule has 11 nitrogen and oxygen atoms in total. The summed E-state index contributed by atoms with van der Waals surface area (Å²) in [5.41, 5.74) is 1.61. The second-order valence-corrected chi connectivity index (χ2v) is 10.1. The van der Waals surface area contributed by atoms with Gasteiger partial charge in [0.1, 0.15) is 6.61 Å². The molecule has 1 amide bonds. The van der Waals surface area contributed by atoms with Crippen molar-refractivity contribution in [1.82, 2.24) is 9.80 Å². The van der Waals surface area contributed by atoms with Crippen LogP contribution in [-0.4, -0.2) is 64.0 Å². The van der Waals surface area contributed by atoms with E-state index in [1.165, 1.54) is 30.0 Å². The first-order chi connectivity index (χ1) is 18.7. The van der Waals surface area contributed by atoms with Gasteiger partial charge in [0.2, 0.25) is 5.91 Å². The second-order valence-electron chi connectivity index (χ2n) is 9.24. The highest BCUT2D eigenvalue weighted by Gasteiger charge is 2.42. The molecule has 0 N–H and O–H groups in total. The van der Waals surface area contributed by atoms with Gasteiger partial charge in [0.05, 0.1) is 41.2 Å². The third kappa shape index (κ3) is 6.06. The number of rotatable bonds is 9. The minimum absolute atomic E-state index is 0.00102. The van der Waals surface area contributed by atoms with E-state index in [-0.39, 0.29) is 55.2 Å². The molecule has 1 saturated heterocycles. The van der Waals surface area contributed by atoms with Gasteiger partial charge in [-0.1, -0.05) is 36.5 Å². The Hall–Kier alpha value is -3.93. The molecule has 206 valence electrons. The van der Waals surface area contributed by atoms with Crippen LogP contribution in [0.1, 0.15) is 44.7 Å². The van der Waals surface area contributed by atoms with Gasteiger partial charge in [-0.15, -0.1) is 0 Å². The summed E-state index contributed by atoms with van der Waals surface area (Å²) < 4.78 is 10.5. The van der Waals surface area contributed by atoms with Crippen molar-refractivity contribution in [3.8, 4) is 0 Å². The Balaban J connectivity index is 1.64. The summed E-state index contributed by atoms with van der Waals surface area (Å²) in [4.78, 5) is 58.0. The molecule has 3 heterocycles. The fourth-order valence-corrected chi connectivity index (χ4v) is 5.85.